The number of aromatic nitrogens is 2. The van der Waals surface area contributed by atoms with Crippen LogP contribution in [0.15, 0.2) is 154 Å². The van der Waals surface area contributed by atoms with Crippen LogP contribution in [0.2, 0.25) is 0 Å². The third-order valence-corrected chi connectivity index (χ3v) is 10.5. The summed E-state index contributed by atoms with van der Waals surface area (Å²) in [7, 11) is 0. The van der Waals surface area contributed by atoms with Crippen LogP contribution in [0.1, 0.15) is 0 Å². The Kier molecular flexibility index (Phi) is 4.69. The SMILES string of the molecule is c1ccc2c(c1)-c1cccc3ccc4c(c13)c1c-2cccc1n4-c1ccc2oc3c4ccccc4c(-c4nc5ccccc5o4)cc3c2c1. The standard InChI is InChI=1S/C45H24N2O2/c1-2-11-28-27(10-1)30-14-7-9-25-19-21-38-43(41(25)30)42-31(28)15-8-17-37(42)47(38)26-20-22-39-33(23-26)34-24-35(29-12-3-4-13-32(29)44(34)48-39)45-46-36-16-5-6-18-40(36)49-45/h1-24H. The van der Waals surface area contributed by atoms with Crippen molar-refractivity contribution in [1.29, 1.82) is 0 Å². The average molecular weight is 625 g/mol. The summed E-state index contributed by atoms with van der Waals surface area (Å²) in [5.74, 6) is 0.608. The molecule has 0 N–H and O–H groups in total. The van der Waals surface area contributed by atoms with Gasteiger partial charge in [-0.2, -0.15) is 0 Å². The summed E-state index contributed by atoms with van der Waals surface area (Å²) in [6.45, 7) is 0. The molecule has 4 nitrogen and oxygen atoms in total. The molecule has 49 heavy (non-hydrogen) atoms. The van der Waals surface area contributed by atoms with Gasteiger partial charge < -0.3 is 13.4 Å². The van der Waals surface area contributed by atoms with Crippen LogP contribution in [0.4, 0.5) is 0 Å². The smallest absolute Gasteiger partial charge is 0.227 e. The number of para-hydroxylation sites is 2. The van der Waals surface area contributed by atoms with Gasteiger partial charge in [-0.05, 0) is 86.9 Å². The summed E-state index contributed by atoms with van der Waals surface area (Å²) in [6.07, 6.45) is 0. The summed E-state index contributed by atoms with van der Waals surface area (Å²) in [5.41, 5.74) is 12.9. The predicted molar refractivity (Wildman–Crippen MR) is 201 cm³/mol. The molecule has 3 heterocycles. The van der Waals surface area contributed by atoms with E-state index >= 15 is 0 Å². The summed E-state index contributed by atoms with van der Waals surface area (Å²) in [5, 5.41) is 9.34. The minimum absolute atomic E-state index is 0.608. The normalized spacial score (nSPS) is 12.5. The number of fused-ring (bicyclic) bond motifs is 9. The molecule has 3 aromatic heterocycles. The Hall–Kier alpha value is -6.65. The van der Waals surface area contributed by atoms with Crippen LogP contribution in [0.3, 0.4) is 0 Å². The van der Waals surface area contributed by atoms with Crippen molar-refractivity contribution >= 4 is 76.4 Å². The van der Waals surface area contributed by atoms with E-state index in [0.717, 1.165) is 55.1 Å². The molecule has 8 aromatic carbocycles. The van der Waals surface area contributed by atoms with Gasteiger partial charge in [0.2, 0.25) is 5.89 Å². The fourth-order valence-electron chi connectivity index (χ4n) is 8.50. The first-order chi connectivity index (χ1) is 24.3. The average Bonchev–Trinajstić information content (AvgIpc) is 3.83. The molecule has 0 radical (unpaired) electrons. The fourth-order valence-corrected chi connectivity index (χ4v) is 8.50. The maximum absolute atomic E-state index is 6.64. The molecular weight excluding hydrogens is 601 g/mol. The van der Waals surface area contributed by atoms with Crippen molar-refractivity contribution in [2.75, 3.05) is 0 Å². The maximum atomic E-state index is 6.64. The molecule has 1 aliphatic carbocycles. The van der Waals surface area contributed by atoms with Gasteiger partial charge in [0.15, 0.2) is 5.58 Å². The zero-order valence-electron chi connectivity index (χ0n) is 26.1. The first-order valence-electron chi connectivity index (χ1n) is 16.6. The van der Waals surface area contributed by atoms with Crippen molar-refractivity contribution < 1.29 is 8.83 Å². The van der Waals surface area contributed by atoms with Crippen molar-refractivity contribution in [3.63, 3.8) is 0 Å². The van der Waals surface area contributed by atoms with Gasteiger partial charge in [0.25, 0.3) is 0 Å². The molecule has 226 valence electrons. The van der Waals surface area contributed by atoms with Gasteiger partial charge in [-0.25, -0.2) is 4.98 Å². The Labute approximate surface area is 279 Å². The molecular formula is C45H24N2O2. The van der Waals surface area contributed by atoms with E-state index in [1.807, 2.05) is 24.3 Å². The first kappa shape index (κ1) is 25.4. The third kappa shape index (κ3) is 3.25. The van der Waals surface area contributed by atoms with Crippen molar-refractivity contribution in [3.8, 4) is 39.4 Å². The molecule has 0 amide bonds. The summed E-state index contributed by atoms with van der Waals surface area (Å²) < 4.78 is 15.4. The Morgan fingerprint density at radius 2 is 1.16 bits per heavy atom. The highest BCUT2D eigenvalue weighted by Gasteiger charge is 2.25. The van der Waals surface area contributed by atoms with Gasteiger partial charge in [-0.1, -0.05) is 97.1 Å². The van der Waals surface area contributed by atoms with Gasteiger partial charge in [0, 0.05) is 38.2 Å². The van der Waals surface area contributed by atoms with Crippen LogP contribution in [-0.4, -0.2) is 9.55 Å². The number of nitrogens with zero attached hydrogens (tertiary/aromatic N) is 2. The lowest BCUT2D eigenvalue weighted by molar-refractivity contribution is 0.620. The van der Waals surface area contributed by atoms with Gasteiger partial charge in [-0.15, -0.1) is 0 Å². The second-order valence-electron chi connectivity index (χ2n) is 13.1. The molecule has 0 atom stereocenters. The number of rotatable bonds is 2. The van der Waals surface area contributed by atoms with Crippen molar-refractivity contribution in [3.05, 3.63) is 146 Å². The quantitative estimate of drug-likeness (QED) is 0.192. The second kappa shape index (κ2) is 9.03. The van der Waals surface area contributed by atoms with Gasteiger partial charge in [0.1, 0.15) is 16.7 Å². The predicted octanol–water partition coefficient (Wildman–Crippen LogP) is 12.4. The minimum atomic E-state index is 0.608. The Morgan fingerprint density at radius 3 is 2.04 bits per heavy atom. The van der Waals surface area contributed by atoms with E-state index in [0.29, 0.717) is 5.89 Å². The van der Waals surface area contributed by atoms with E-state index in [4.69, 9.17) is 13.8 Å². The first-order valence-corrected chi connectivity index (χ1v) is 16.6. The molecule has 0 bridgehead atoms. The highest BCUT2D eigenvalue weighted by Crippen LogP contribution is 2.50. The van der Waals surface area contributed by atoms with E-state index in [9.17, 15) is 0 Å². The lowest BCUT2D eigenvalue weighted by atomic mass is 9.93. The van der Waals surface area contributed by atoms with E-state index in [1.54, 1.807) is 0 Å². The topological polar surface area (TPSA) is 44.1 Å². The fraction of sp³-hybridized carbons (Fsp3) is 0. The Balaban J connectivity index is 1.18. The largest absolute Gasteiger partial charge is 0.455 e. The van der Waals surface area contributed by atoms with Crippen molar-refractivity contribution in [2.45, 2.75) is 0 Å². The van der Waals surface area contributed by atoms with Crippen molar-refractivity contribution in [1.82, 2.24) is 9.55 Å². The number of hydrogen-bond acceptors (Lipinski definition) is 3. The molecule has 0 saturated heterocycles. The number of oxazole rings is 1. The molecule has 1 aliphatic rings. The lowest BCUT2D eigenvalue weighted by Crippen LogP contribution is -1.94. The lowest BCUT2D eigenvalue weighted by Gasteiger charge is -2.13. The van der Waals surface area contributed by atoms with E-state index in [2.05, 4.69) is 126 Å². The van der Waals surface area contributed by atoms with Gasteiger partial charge in [-0.3, -0.25) is 0 Å². The molecule has 0 unspecified atom stereocenters. The number of benzene rings is 8. The van der Waals surface area contributed by atoms with Crippen LogP contribution >= 0.6 is 0 Å². The van der Waals surface area contributed by atoms with Crippen LogP contribution in [-0.2, 0) is 0 Å². The highest BCUT2D eigenvalue weighted by atomic mass is 16.3. The Morgan fingerprint density at radius 1 is 0.429 bits per heavy atom. The Bertz CT molecular complexity index is 3200. The molecule has 11 aromatic rings. The van der Waals surface area contributed by atoms with E-state index in [-0.39, 0.29) is 0 Å². The molecule has 12 rings (SSSR count). The maximum Gasteiger partial charge on any atom is 0.227 e. The van der Waals surface area contributed by atoms with E-state index < -0.39 is 0 Å². The second-order valence-corrected chi connectivity index (χ2v) is 13.1. The zero-order chi connectivity index (χ0) is 31.8. The van der Waals surface area contributed by atoms with Gasteiger partial charge in [0.05, 0.1) is 11.0 Å². The highest BCUT2D eigenvalue weighted by molar-refractivity contribution is 6.30. The molecule has 0 fully saturated rings. The molecule has 0 saturated carbocycles. The van der Waals surface area contributed by atoms with Crippen LogP contribution in [0.25, 0.3) is 116 Å². The molecule has 0 spiro atoms. The minimum Gasteiger partial charge on any atom is -0.455 e. The monoisotopic (exact) mass is 624 g/mol. The van der Waals surface area contributed by atoms with Gasteiger partial charge >= 0.3 is 0 Å². The molecule has 4 heteroatoms. The van der Waals surface area contributed by atoms with Crippen LogP contribution in [0.5, 0.6) is 0 Å². The van der Waals surface area contributed by atoms with Crippen LogP contribution < -0.4 is 0 Å². The van der Waals surface area contributed by atoms with E-state index in [1.165, 1.54) is 54.8 Å². The zero-order valence-corrected chi connectivity index (χ0v) is 26.1. The molecule has 0 aliphatic heterocycles. The summed E-state index contributed by atoms with van der Waals surface area (Å²) in [4.78, 5) is 4.89. The summed E-state index contributed by atoms with van der Waals surface area (Å²) in [6, 6.07) is 51.9. The summed E-state index contributed by atoms with van der Waals surface area (Å²) >= 11 is 0. The number of furan rings is 1. The van der Waals surface area contributed by atoms with Crippen molar-refractivity contribution in [2.24, 2.45) is 0 Å². The van der Waals surface area contributed by atoms with Crippen LogP contribution in [0, 0.1) is 0 Å². The number of hydrogen-bond donors (Lipinski definition) is 0. The third-order valence-electron chi connectivity index (χ3n) is 10.5.